The predicted octanol–water partition coefficient (Wildman–Crippen LogP) is -7.79. The van der Waals surface area contributed by atoms with E-state index in [0.29, 0.717) is 0 Å². The van der Waals surface area contributed by atoms with Crippen molar-refractivity contribution in [2.45, 2.75) is 0 Å². The topological polar surface area (TPSA) is 304 Å². The molecule has 18 heteroatoms. The van der Waals surface area contributed by atoms with Crippen LogP contribution in [0.15, 0.2) is 0 Å². The minimum Gasteiger partial charge on any atom is -0.539 e. The Morgan fingerprint density at radius 3 is 0.667 bits per heavy atom. The summed E-state index contributed by atoms with van der Waals surface area (Å²) in [5.41, 5.74) is 0. The maximum atomic E-state index is 9.10. The molecule has 0 saturated carbocycles. The smallest absolute Gasteiger partial charge is 0.539 e. The number of carbonyl (C=O) groups excluding carboxylic acids is 1. The summed E-state index contributed by atoms with van der Waals surface area (Å²) in [4.78, 5) is 76.0. The summed E-state index contributed by atoms with van der Waals surface area (Å²) in [6.45, 7) is 0. The van der Waals surface area contributed by atoms with Crippen LogP contribution in [0.1, 0.15) is 0 Å². The maximum absolute atomic E-state index is 9.10. The van der Waals surface area contributed by atoms with E-state index in [9.17, 15) is 0 Å². The predicted molar refractivity (Wildman–Crippen MR) is 57.4 cm³/mol. The molecule has 0 aliphatic heterocycles. The van der Waals surface area contributed by atoms with Crippen molar-refractivity contribution in [3.63, 3.8) is 0 Å². The molecule has 0 rings (SSSR count). The molecule has 8 N–H and O–H groups in total. The van der Waals surface area contributed by atoms with Gasteiger partial charge in [-0.25, -0.2) is 28.5 Å². The third-order valence-corrected chi connectivity index (χ3v) is 0.541. The zero-order valence-corrected chi connectivity index (χ0v) is 14.2. The maximum Gasteiger partial charge on any atom is 1.00 e. The molecule has 0 aliphatic carbocycles. The van der Waals surface area contributed by atoms with Gasteiger partial charge in [-0.1, -0.05) is 0 Å². The van der Waals surface area contributed by atoms with Crippen molar-refractivity contribution >= 4 is 43.6 Å². The van der Waals surface area contributed by atoms with E-state index in [1.54, 1.807) is 0 Å². The second-order valence-corrected chi connectivity index (χ2v) is 3.35. The Hall–Kier alpha value is -2.07. The normalized spacial score (nSPS) is 7.96. The second kappa shape index (κ2) is 17.3. The van der Waals surface area contributed by atoms with Crippen LogP contribution in [0.25, 0.3) is 0 Å². The minimum absolute atomic E-state index is 0. The van der Waals surface area contributed by atoms with Crippen molar-refractivity contribution in [1.82, 2.24) is 0 Å². The van der Waals surface area contributed by atoms with Gasteiger partial charge in [-0.05, 0) is 0 Å². The van der Waals surface area contributed by atoms with E-state index in [2.05, 4.69) is 0 Å². The van der Waals surface area contributed by atoms with Crippen LogP contribution >= 0.6 is 7.82 Å². The number of hydrogen-bond donors (Lipinski definition) is 8. The molecular formula is C6H8NaO16P. The number of carbonyl (C=O) groups is 6. The first kappa shape index (κ1) is 33.5. The number of hydrogen-bond acceptors (Lipinski definition) is 8. The third kappa shape index (κ3) is 72.4. The molecule has 0 bridgehead atoms. The van der Waals surface area contributed by atoms with E-state index in [1.165, 1.54) is 0 Å². The molecule has 0 amide bonds. The molecule has 0 unspecified atom stereocenters. The molecular weight excluding hydrogens is 382 g/mol. The van der Waals surface area contributed by atoms with Crippen LogP contribution in [0, 0.1) is 0 Å². The van der Waals surface area contributed by atoms with Gasteiger partial charge in [-0.15, -0.1) is 0 Å². The number of rotatable bonds is 0. The van der Waals surface area contributed by atoms with E-state index < -0.39 is 43.6 Å². The van der Waals surface area contributed by atoms with Crippen LogP contribution in [-0.2, 0) is 33.3 Å². The Morgan fingerprint density at radius 2 is 0.667 bits per heavy atom. The zero-order valence-electron chi connectivity index (χ0n) is 11.3. The summed E-state index contributed by atoms with van der Waals surface area (Å²) in [5, 5.41) is 45.9. The Morgan fingerprint density at radius 1 is 0.583 bits per heavy atom. The molecule has 0 radical (unpaired) electrons. The summed E-state index contributed by atoms with van der Waals surface area (Å²) >= 11 is 0. The Kier molecular flexibility index (Phi) is 24.1. The fourth-order valence-electron chi connectivity index (χ4n) is 0. The number of carboxylic acids is 6. The van der Waals surface area contributed by atoms with Gasteiger partial charge in [0, 0.05) is 0 Å². The van der Waals surface area contributed by atoms with Gasteiger partial charge >= 0.3 is 67.2 Å². The van der Waals surface area contributed by atoms with Gasteiger partial charge in [-0.2, -0.15) is 0 Å². The van der Waals surface area contributed by atoms with Gasteiger partial charge in [-0.3, -0.25) is 0 Å². The van der Waals surface area contributed by atoms with Crippen molar-refractivity contribution in [3.05, 3.63) is 0 Å². The van der Waals surface area contributed by atoms with Gasteiger partial charge in [0.2, 0.25) is 0 Å². The van der Waals surface area contributed by atoms with E-state index in [4.69, 9.17) is 78.7 Å². The van der Waals surface area contributed by atoms with Crippen molar-refractivity contribution in [3.8, 4) is 0 Å². The SMILES string of the molecule is O=C(O)C(=O)O.O=C(O)C(=O)O.O=C([O-])C(=O)O.O=P(O)(O)O.[Na+]. The molecule has 134 valence electrons. The Bertz CT molecular complexity index is 401. The van der Waals surface area contributed by atoms with Gasteiger partial charge in [0.25, 0.3) is 0 Å². The number of aliphatic carboxylic acids is 6. The van der Waals surface area contributed by atoms with Crippen LogP contribution < -0.4 is 34.7 Å². The molecule has 0 saturated heterocycles. The Labute approximate surface area is 152 Å². The molecule has 0 aliphatic rings. The fourth-order valence-corrected chi connectivity index (χ4v) is 0. The van der Waals surface area contributed by atoms with Crippen molar-refractivity contribution in [1.29, 1.82) is 0 Å². The van der Waals surface area contributed by atoms with E-state index >= 15 is 0 Å². The van der Waals surface area contributed by atoms with Crippen molar-refractivity contribution in [2.75, 3.05) is 0 Å². The van der Waals surface area contributed by atoms with Gasteiger partial charge in [0.1, 0.15) is 0 Å². The first-order valence-electron chi connectivity index (χ1n) is 4.08. The fraction of sp³-hybridized carbons (Fsp3) is 0. The van der Waals surface area contributed by atoms with Crippen LogP contribution in [-0.4, -0.2) is 76.0 Å². The molecule has 0 spiro atoms. The van der Waals surface area contributed by atoms with E-state index in [-0.39, 0.29) is 29.6 Å². The van der Waals surface area contributed by atoms with Crippen LogP contribution in [0.3, 0.4) is 0 Å². The van der Waals surface area contributed by atoms with Gasteiger partial charge in [0.15, 0.2) is 5.97 Å². The number of phosphoric acid groups is 1. The summed E-state index contributed by atoms with van der Waals surface area (Å²) < 4.78 is 8.88. The molecule has 0 aromatic carbocycles. The third-order valence-electron chi connectivity index (χ3n) is 0.541. The standard InChI is InChI=1S/3C2H2O4.Na.H3O4P/c3*3-1(4)2(5)6;;1-5(2,3)4/h3*(H,3,4)(H,5,6);;(H3,1,2,3,4)/q;;;+1;/p-1. The molecule has 24 heavy (non-hydrogen) atoms. The van der Waals surface area contributed by atoms with Gasteiger partial charge < -0.3 is 50.1 Å². The molecule has 0 heterocycles. The first-order valence-corrected chi connectivity index (χ1v) is 5.64. The largest absolute Gasteiger partial charge is 1.00 e. The minimum atomic E-state index is -4.64. The van der Waals surface area contributed by atoms with Crippen LogP contribution in [0.4, 0.5) is 0 Å². The number of carboxylic acid groups (broad SMARTS) is 6. The molecule has 0 aromatic heterocycles. The molecule has 0 atom stereocenters. The molecule has 0 aromatic rings. The molecule has 0 fully saturated rings. The van der Waals surface area contributed by atoms with E-state index in [0.717, 1.165) is 0 Å². The monoisotopic (exact) mass is 390 g/mol. The summed E-state index contributed by atoms with van der Waals surface area (Å²) in [7, 11) is -4.64. The van der Waals surface area contributed by atoms with E-state index in [1.807, 2.05) is 0 Å². The van der Waals surface area contributed by atoms with Crippen LogP contribution in [0.5, 0.6) is 0 Å². The Balaban J connectivity index is -0.0000000661. The summed E-state index contributed by atoms with van der Waals surface area (Å²) in [6.07, 6.45) is 0. The molecule has 16 nitrogen and oxygen atoms in total. The second-order valence-electron chi connectivity index (χ2n) is 2.33. The average molecular weight is 390 g/mol. The quantitative estimate of drug-likeness (QED) is 0.108. The van der Waals surface area contributed by atoms with Crippen molar-refractivity contribution < 1.29 is 108 Å². The average Bonchev–Trinajstić information content (AvgIpc) is 2.27. The zero-order chi connectivity index (χ0) is 20.0. The van der Waals surface area contributed by atoms with Crippen LogP contribution in [0.2, 0.25) is 0 Å². The van der Waals surface area contributed by atoms with Gasteiger partial charge in [0.05, 0.1) is 0 Å². The summed E-state index contributed by atoms with van der Waals surface area (Å²) in [5.74, 6) is -11.3. The summed E-state index contributed by atoms with van der Waals surface area (Å²) in [6, 6.07) is 0. The first-order chi connectivity index (χ1) is 9.93. The van der Waals surface area contributed by atoms with Crippen molar-refractivity contribution in [2.24, 2.45) is 0 Å².